The molecule has 2 atom stereocenters. The van der Waals surface area contributed by atoms with E-state index in [0.717, 1.165) is 12.2 Å². The Balaban J connectivity index is 3.81. The maximum absolute atomic E-state index is 11.4. The van der Waals surface area contributed by atoms with Crippen molar-refractivity contribution >= 4 is 11.9 Å². The fraction of sp³-hybridized carbons (Fsp3) is 0.750. The van der Waals surface area contributed by atoms with Crippen LogP contribution in [-0.4, -0.2) is 71.0 Å². The van der Waals surface area contributed by atoms with Gasteiger partial charge in [0.2, 0.25) is 0 Å². The maximum atomic E-state index is 11.4. The number of rotatable bonds is 14. The maximum Gasteiger partial charge on any atom is 0.331 e. The van der Waals surface area contributed by atoms with Gasteiger partial charge >= 0.3 is 11.9 Å². The zero-order valence-electron chi connectivity index (χ0n) is 13.8. The number of aliphatic hydroxyl groups is 4. The first kappa shape index (κ1) is 22.5. The zero-order chi connectivity index (χ0) is 18.2. The van der Waals surface area contributed by atoms with E-state index in [1.54, 1.807) is 0 Å². The predicted octanol–water partition coefficient (Wildman–Crippen LogP) is -0.324. The third-order valence-corrected chi connectivity index (χ3v) is 3.08. The molecule has 2 unspecified atom stereocenters. The van der Waals surface area contributed by atoms with E-state index in [0.29, 0.717) is 38.5 Å². The van der Waals surface area contributed by atoms with Crippen LogP contribution in [0.25, 0.3) is 0 Å². The zero-order valence-corrected chi connectivity index (χ0v) is 13.8. The Kier molecular flexibility index (Phi) is 14.1. The molecule has 0 amide bonds. The summed E-state index contributed by atoms with van der Waals surface area (Å²) in [5, 5.41) is 36.2. The number of ether oxygens (including phenoxy) is 2. The summed E-state index contributed by atoms with van der Waals surface area (Å²) in [5.74, 6) is -1.56. The number of carbonyl (C=O) groups is 2. The van der Waals surface area contributed by atoms with Crippen molar-refractivity contribution < 1.29 is 39.5 Å². The van der Waals surface area contributed by atoms with E-state index in [9.17, 15) is 19.8 Å². The molecule has 0 fully saturated rings. The topological polar surface area (TPSA) is 134 Å². The van der Waals surface area contributed by atoms with Gasteiger partial charge in [0, 0.05) is 25.4 Å². The summed E-state index contributed by atoms with van der Waals surface area (Å²) in [5.41, 5.74) is 0. The van der Waals surface area contributed by atoms with Crippen molar-refractivity contribution in [3.05, 3.63) is 12.2 Å². The van der Waals surface area contributed by atoms with Crippen LogP contribution >= 0.6 is 0 Å². The van der Waals surface area contributed by atoms with E-state index in [-0.39, 0.29) is 26.4 Å². The minimum absolute atomic E-state index is 0.0491. The minimum atomic E-state index is -0.810. The van der Waals surface area contributed by atoms with E-state index in [1.807, 2.05) is 0 Å². The largest absolute Gasteiger partial charge is 0.460 e. The van der Waals surface area contributed by atoms with Crippen molar-refractivity contribution in [3.8, 4) is 0 Å². The van der Waals surface area contributed by atoms with Crippen LogP contribution in [0.2, 0.25) is 0 Å². The van der Waals surface area contributed by atoms with Gasteiger partial charge in [-0.1, -0.05) is 0 Å². The van der Waals surface area contributed by atoms with Crippen molar-refractivity contribution in [2.75, 3.05) is 26.4 Å². The van der Waals surface area contributed by atoms with E-state index in [2.05, 4.69) is 0 Å². The molecular weight excluding hydrogens is 320 g/mol. The van der Waals surface area contributed by atoms with Gasteiger partial charge in [-0.2, -0.15) is 0 Å². The van der Waals surface area contributed by atoms with Crippen molar-refractivity contribution in [3.63, 3.8) is 0 Å². The molecule has 24 heavy (non-hydrogen) atoms. The second kappa shape index (κ2) is 15.1. The molecule has 0 rings (SSSR count). The molecule has 0 aromatic rings. The molecule has 0 saturated heterocycles. The third kappa shape index (κ3) is 14.1. The minimum Gasteiger partial charge on any atom is -0.460 e. The van der Waals surface area contributed by atoms with Crippen LogP contribution in [0.3, 0.4) is 0 Å². The molecule has 8 heteroatoms. The lowest BCUT2D eigenvalue weighted by Gasteiger charge is -2.10. The van der Waals surface area contributed by atoms with Crippen LogP contribution in [0.5, 0.6) is 0 Å². The van der Waals surface area contributed by atoms with Gasteiger partial charge in [0.1, 0.15) is 13.2 Å². The van der Waals surface area contributed by atoms with Gasteiger partial charge in [0.15, 0.2) is 0 Å². The average molecular weight is 348 g/mol. The Labute approximate surface area is 141 Å². The molecule has 0 aliphatic heterocycles. The Hall–Kier alpha value is -1.48. The first-order valence-electron chi connectivity index (χ1n) is 8.09. The molecule has 140 valence electrons. The van der Waals surface area contributed by atoms with Crippen LogP contribution < -0.4 is 0 Å². The highest BCUT2D eigenvalue weighted by Gasteiger charge is 2.09. The summed E-state index contributed by atoms with van der Waals surface area (Å²) >= 11 is 0. The quantitative estimate of drug-likeness (QED) is 0.191. The summed E-state index contributed by atoms with van der Waals surface area (Å²) < 4.78 is 9.51. The molecule has 0 saturated carbocycles. The standard InChI is InChI=1S/C16H28O8/c17-9-3-1-5-13(19)11-23-15(21)7-8-16(22)24-12-14(20)6-2-4-10-18/h7-8,13-14,17-20H,1-6,9-12H2/b8-7-. The van der Waals surface area contributed by atoms with Crippen LogP contribution in [0.15, 0.2) is 12.2 Å². The van der Waals surface area contributed by atoms with Gasteiger partial charge in [-0.25, -0.2) is 9.59 Å². The lowest BCUT2D eigenvalue weighted by Crippen LogP contribution is -2.19. The number of hydrogen-bond acceptors (Lipinski definition) is 8. The Morgan fingerprint density at radius 1 is 0.750 bits per heavy atom. The summed E-state index contributed by atoms with van der Waals surface area (Å²) in [7, 11) is 0. The number of hydrogen-bond donors (Lipinski definition) is 4. The van der Waals surface area contributed by atoms with Gasteiger partial charge in [0.25, 0.3) is 0 Å². The second-order valence-corrected chi connectivity index (χ2v) is 5.34. The Morgan fingerprint density at radius 3 is 1.46 bits per heavy atom. The van der Waals surface area contributed by atoms with Gasteiger partial charge in [-0.05, 0) is 38.5 Å². The molecule has 0 radical (unpaired) electrons. The highest BCUT2D eigenvalue weighted by Crippen LogP contribution is 2.02. The van der Waals surface area contributed by atoms with Gasteiger partial charge in [-0.3, -0.25) is 0 Å². The fourth-order valence-corrected chi connectivity index (χ4v) is 1.74. The number of esters is 2. The van der Waals surface area contributed by atoms with Crippen LogP contribution in [0.4, 0.5) is 0 Å². The third-order valence-electron chi connectivity index (χ3n) is 3.08. The highest BCUT2D eigenvalue weighted by molar-refractivity contribution is 5.91. The lowest BCUT2D eigenvalue weighted by molar-refractivity contribution is -0.143. The van der Waals surface area contributed by atoms with Crippen LogP contribution in [-0.2, 0) is 19.1 Å². The number of unbranched alkanes of at least 4 members (excludes halogenated alkanes) is 2. The lowest BCUT2D eigenvalue weighted by atomic mass is 10.2. The monoisotopic (exact) mass is 348 g/mol. The molecule has 0 aromatic carbocycles. The predicted molar refractivity (Wildman–Crippen MR) is 84.9 cm³/mol. The first-order chi connectivity index (χ1) is 11.5. The second-order valence-electron chi connectivity index (χ2n) is 5.34. The fourth-order valence-electron chi connectivity index (χ4n) is 1.74. The summed E-state index contributed by atoms with van der Waals surface area (Å²) in [4.78, 5) is 22.7. The average Bonchev–Trinajstić information content (AvgIpc) is 2.56. The van der Waals surface area contributed by atoms with Crippen molar-refractivity contribution in [2.45, 2.75) is 50.7 Å². The van der Waals surface area contributed by atoms with Gasteiger partial charge in [-0.15, -0.1) is 0 Å². The van der Waals surface area contributed by atoms with Gasteiger partial charge in [0.05, 0.1) is 12.2 Å². The molecule has 4 N–H and O–H groups in total. The molecule has 0 heterocycles. The SMILES string of the molecule is O=C(/C=C\C(=O)OCC(O)CCCCO)OCC(O)CCCCO. The molecule has 8 nitrogen and oxygen atoms in total. The van der Waals surface area contributed by atoms with Gasteiger partial charge < -0.3 is 29.9 Å². The molecule has 0 spiro atoms. The van der Waals surface area contributed by atoms with E-state index in [1.165, 1.54) is 0 Å². The molecule has 0 aromatic heterocycles. The Morgan fingerprint density at radius 2 is 1.12 bits per heavy atom. The molecule has 0 aliphatic carbocycles. The highest BCUT2D eigenvalue weighted by atomic mass is 16.5. The van der Waals surface area contributed by atoms with Crippen molar-refractivity contribution in [1.29, 1.82) is 0 Å². The van der Waals surface area contributed by atoms with Crippen molar-refractivity contribution in [1.82, 2.24) is 0 Å². The molecule has 0 bridgehead atoms. The van der Waals surface area contributed by atoms with Crippen LogP contribution in [0, 0.1) is 0 Å². The van der Waals surface area contributed by atoms with E-state index in [4.69, 9.17) is 19.7 Å². The van der Waals surface area contributed by atoms with E-state index >= 15 is 0 Å². The Bertz CT molecular complexity index is 335. The smallest absolute Gasteiger partial charge is 0.331 e. The molecule has 0 aliphatic rings. The summed E-state index contributed by atoms with van der Waals surface area (Å²) in [6, 6.07) is 0. The number of aliphatic hydroxyl groups excluding tert-OH is 4. The normalized spacial score (nSPS) is 13.7. The van der Waals surface area contributed by atoms with E-state index < -0.39 is 24.1 Å². The first-order valence-corrected chi connectivity index (χ1v) is 8.09. The number of carbonyl (C=O) groups excluding carboxylic acids is 2. The van der Waals surface area contributed by atoms with Crippen molar-refractivity contribution in [2.24, 2.45) is 0 Å². The summed E-state index contributed by atoms with van der Waals surface area (Å²) in [6.45, 7) is -0.276. The summed E-state index contributed by atoms with van der Waals surface area (Å²) in [6.07, 6.45) is 3.37. The van der Waals surface area contributed by atoms with Crippen LogP contribution in [0.1, 0.15) is 38.5 Å². The molecular formula is C16H28O8.